The number of hydrogen-bond acceptors (Lipinski definition) is 4. The van der Waals surface area contributed by atoms with Gasteiger partial charge in [0.15, 0.2) is 12.1 Å². The second-order valence-corrected chi connectivity index (χ2v) is 8.00. The van der Waals surface area contributed by atoms with Crippen LogP contribution in [0, 0.1) is 12.3 Å². The van der Waals surface area contributed by atoms with E-state index in [2.05, 4.69) is 29.2 Å². The van der Waals surface area contributed by atoms with E-state index in [9.17, 15) is 9.59 Å². The molecule has 4 rings (SSSR count). The molecule has 1 spiro atoms. The predicted octanol–water partition coefficient (Wildman–Crippen LogP) is 3.07. The zero-order valence-corrected chi connectivity index (χ0v) is 16.4. The van der Waals surface area contributed by atoms with Gasteiger partial charge in [0.2, 0.25) is 5.91 Å². The number of nitrogens with zero attached hydrogens (tertiary/aromatic N) is 3. The van der Waals surface area contributed by atoms with Gasteiger partial charge >= 0.3 is 0 Å². The maximum Gasteiger partial charge on any atom is 0.276 e. The zero-order valence-electron chi connectivity index (χ0n) is 16.4. The third-order valence-corrected chi connectivity index (χ3v) is 6.15. The number of rotatable bonds is 5. The van der Waals surface area contributed by atoms with Crippen LogP contribution in [0.2, 0.25) is 0 Å². The lowest BCUT2D eigenvalue weighted by atomic mass is 9.78. The van der Waals surface area contributed by atoms with Crippen LogP contribution >= 0.6 is 0 Å². The van der Waals surface area contributed by atoms with E-state index < -0.39 is 5.41 Å². The molecule has 1 aromatic carbocycles. The number of aromatic nitrogens is 1. The number of oxazole rings is 1. The SMILES string of the molecule is Cc1ocnc1C(=O)N1CCC2(CCCN(CCCc3ccccc3)C2=O)C1. The van der Waals surface area contributed by atoms with Gasteiger partial charge in [-0.2, -0.15) is 0 Å². The van der Waals surface area contributed by atoms with Crippen molar-refractivity contribution in [1.82, 2.24) is 14.8 Å². The second-order valence-electron chi connectivity index (χ2n) is 8.00. The van der Waals surface area contributed by atoms with Crippen LogP contribution in [0.1, 0.15) is 47.5 Å². The molecule has 2 fully saturated rings. The van der Waals surface area contributed by atoms with E-state index in [-0.39, 0.29) is 11.8 Å². The normalized spacial score (nSPS) is 22.2. The highest BCUT2D eigenvalue weighted by atomic mass is 16.3. The number of benzene rings is 1. The lowest BCUT2D eigenvalue weighted by Crippen LogP contribution is -2.50. The first-order valence-electron chi connectivity index (χ1n) is 10.1. The van der Waals surface area contributed by atoms with Gasteiger partial charge in [0, 0.05) is 26.2 Å². The van der Waals surface area contributed by atoms with Gasteiger partial charge in [0.1, 0.15) is 5.76 Å². The van der Waals surface area contributed by atoms with Crippen LogP contribution in [0.5, 0.6) is 0 Å². The number of piperidine rings is 1. The quantitative estimate of drug-likeness (QED) is 0.798. The van der Waals surface area contributed by atoms with Crippen molar-refractivity contribution in [1.29, 1.82) is 0 Å². The first kappa shape index (κ1) is 18.7. The third-order valence-electron chi connectivity index (χ3n) is 6.15. The molecule has 1 atom stereocenters. The van der Waals surface area contributed by atoms with Crippen LogP contribution in [0.3, 0.4) is 0 Å². The number of aryl methyl sites for hydroxylation is 2. The van der Waals surface area contributed by atoms with Crippen LogP contribution in [-0.2, 0) is 11.2 Å². The number of likely N-dealkylation sites (tertiary alicyclic amines) is 2. The van der Waals surface area contributed by atoms with Crippen LogP contribution in [-0.4, -0.2) is 52.8 Å². The average Bonchev–Trinajstić information content (AvgIpc) is 3.33. The summed E-state index contributed by atoms with van der Waals surface area (Å²) in [5.74, 6) is 0.625. The second kappa shape index (κ2) is 7.78. The molecule has 2 aromatic rings. The van der Waals surface area contributed by atoms with Crippen molar-refractivity contribution in [3.63, 3.8) is 0 Å². The third kappa shape index (κ3) is 3.55. The fourth-order valence-corrected chi connectivity index (χ4v) is 4.57. The summed E-state index contributed by atoms with van der Waals surface area (Å²) in [4.78, 5) is 33.9. The largest absolute Gasteiger partial charge is 0.448 e. The van der Waals surface area contributed by atoms with Gasteiger partial charge < -0.3 is 14.2 Å². The van der Waals surface area contributed by atoms with Crippen molar-refractivity contribution in [2.45, 2.75) is 39.0 Å². The minimum Gasteiger partial charge on any atom is -0.448 e. The molecule has 1 aromatic heterocycles. The molecule has 2 aliphatic heterocycles. The summed E-state index contributed by atoms with van der Waals surface area (Å²) >= 11 is 0. The van der Waals surface area contributed by atoms with Crippen molar-refractivity contribution < 1.29 is 14.0 Å². The Bertz CT molecular complexity index is 848. The molecular weight excluding hydrogens is 354 g/mol. The van der Waals surface area contributed by atoms with Gasteiger partial charge in [0.25, 0.3) is 5.91 Å². The van der Waals surface area contributed by atoms with Crippen molar-refractivity contribution in [3.05, 3.63) is 53.7 Å². The summed E-state index contributed by atoms with van der Waals surface area (Å²) in [7, 11) is 0. The number of carbonyl (C=O) groups is 2. The highest BCUT2D eigenvalue weighted by Gasteiger charge is 2.49. The van der Waals surface area contributed by atoms with E-state index >= 15 is 0 Å². The molecule has 2 amide bonds. The van der Waals surface area contributed by atoms with Gasteiger partial charge in [0.05, 0.1) is 5.41 Å². The van der Waals surface area contributed by atoms with Crippen molar-refractivity contribution in [2.75, 3.05) is 26.2 Å². The van der Waals surface area contributed by atoms with Crippen molar-refractivity contribution in [2.24, 2.45) is 5.41 Å². The Morgan fingerprint density at radius 1 is 1.21 bits per heavy atom. The summed E-state index contributed by atoms with van der Waals surface area (Å²) in [6, 6.07) is 10.4. The Morgan fingerprint density at radius 2 is 2.04 bits per heavy atom. The molecule has 0 saturated carbocycles. The van der Waals surface area contributed by atoms with Crippen LogP contribution < -0.4 is 0 Å². The predicted molar refractivity (Wildman–Crippen MR) is 105 cm³/mol. The Labute approximate surface area is 165 Å². The molecule has 0 N–H and O–H groups in total. The van der Waals surface area contributed by atoms with E-state index in [1.54, 1.807) is 11.8 Å². The minimum atomic E-state index is -0.418. The van der Waals surface area contributed by atoms with Gasteiger partial charge in [-0.05, 0) is 44.6 Å². The molecule has 6 heteroatoms. The van der Waals surface area contributed by atoms with Crippen molar-refractivity contribution >= 4 is 11.8 Å². The summed E-state index contributed by atoms with van der Waals surface area (Å²) in [6.45, 7) is 4.45. The highest BCUT2D eigenvalue weighted by molar-refractivity contribution is 5.94. The molecule has 0 bridgehead atoms. The standard InChI is InChI=1S/C22H27N3O3/c1-17-19(23-16-28-17)20(26)25-14-11-22(15-25)10-6-13-24(21(22)27)12-5-9-18-7-3-2-4-8-18/h2-4,7-8,16H,5-6,9-15H2,1H3. The number of amides is 2. The molecule has 2 saturated heterocycles. The first-order valence-corrected chi connectivity index (χ1v) is 10.1. The molecule has 28 heavy (non-hydrogen) atoms. The Morgan fingerprint density at radius 3 is 2.79 bits per heavy atom. The summed E-state index contributed by atoms with van der Waals surface area (Å²) in [6.07, 6.45) is 5.85. The Balaban J connectivity index is 1.37. The van der Waals surface area contributed by atoms with Crippen molar-refractivity contribution in [3.8, 4) is 0 Å². The molecule has 2 aliphatic rings. The van der Waals surface area contributed by atoms with E-state index in [4.69, 9.17) is 4.42 Å². The topological polar surface area (TPSA) is 66.7 Å². The fraction of sp³-hybridized carbons (Fsp3) is 0.500. The Kier molecular flexibility index (Phi) is 5.20. The monoisotopic (exact) mass is 381 g/mol. The fourth-order valence-electron chi connectivity index (χ4n) is 4.57. The van der Waals surface area contributed by atoms with Crippen LogP contribution in [0.15, 0.2) is 41.1 Å². The van der Waals surface area contributed by atoms with Gasteiger partial charge in [-0.3, -0.25) is 9.59 Å². The molecular formula is C22H27N3O3. The molecule has 1 unspecified atom stereocenters. The zero-order chi connectivity index (χ0) is 19.6. The molecule has 148 valence electrons. The summed E-state index contributed by atoms with van der Waals surface area (Å²) in [5, 5.41) is 0. The van der Waals surface area contributed by atoms with Crippen LogP contribution in [0.4, 0.5) is 0 Å². The van der Waals surface area contributed by atoms with Gasteiger partial charge in [-0.1, -0.05) is 30.3 Å². The van der Waals surface area contributed by atoms with Crippen LogP contribution in [0.25, 0.3) is 0 Å². The molecule has 6 nitrogen and oxygen atoms in total. The van der Waals surface area contributed by atoms with E-state index in [0.29, 0.717) is 24.5 Å². The molecule has 0 radical (unpaired) electrons. The lowest BCUT2D eigenvalue weighted by molar-refractivity contribution is -0.145. The smallest absolute Gasteiger partial charge is 0.276 e. The van der Waals surface area contributed by atoms with Gasteiger partial charge in [-0.15, -0.1) is 0 Å². The summed E-state index contributed by atoms with van der Waals surface area (Å²) in [5.41, 5.74) is 1.25. The maximum absolute atomic E-state index is 13.3. The van der Waals surface area contributed by atoms with E-state index in [1.807, 2.05) is 11.0 Å². The maximum atomic E-state index is 13.3. The minimum absolute atomic E-state index is 0.128. The molecule has 0 aliphatic carbocycles. The molecule has 3 heterocycles. The number of hydrogen-bond donors (Lipinski definition) is 0. The lowest BCUT2D eigenvalue weighted by Gasteiger charge is -2.39. The Hall–Kier alpha value is -2.63. The van der Waals surface area contributed by atoms with E-state index in [0.717, 1.165) is 45.2 Å². The highest BCUT2D eigenvalue weighted by Crippen LogP contribution is 2.40. The van der Waals surface area contributed by atoms with Gasteiger partial charge in [-0.25, -0.2) is 4.98 Å². The average molecular weight is 381 g/mol. The van der Waals surface area contributed by atoms with E-state index in [1.165, 1.54) is 12.0 Å². The summed E-state index contributed by atoms with van der Waals surface area (Å²) < 4.78 is 5.17. The number of carbonyl (C=O) groups excluding carboxylic acids is 2. The first-order chi connectivity index (χ1) is 13.6.